The maximum Gasteiger partial charge on any atom is 0.267 e. The molecule has 2 rings (SSSR count). The summed E-state index contributed by atoms with van der Waals surface area (Å²) in [7, 11) is 1.78. The molecule has 0 bridgehead atoms. The molecular formula is C14H20N2O2. The van der Waals surface area contributed by atoms with Crippen molar-refractivity contribution in [2.45, 2.75) is 38.8 Å². The molecule has 0 fully saturated rings. The number of hydrogen-bond donors (Lipinski definition) is 1. The molecule has 4 nitrogen and oxygen atoms in total. The van der Waals surface area contributed by atoms with Gasteiger partial charge in [-0.15, -0.1) is 0 Å². The van der Waals surface area contributed by atoms with Gasteiger partial charge in [0.1, 0.15) is 5.75 Å². The van der Waals surface area contributed by atoms with Crippen LogP contribution in [0, 0.1) is 0 Å². The molecule has 4 heteroatoms. The molecule has 0 saturated heterocycles. The Morgan fingerprint density at radius 3 is 2.72 bits per heavy atom. The Labute approximate surface area is 108 Å². The van der Waals surface area contributed by atoms with E-state index in [1.807, 2.05) is 32.0 Å². The number of benzene rings is 1. The molecule has 1 aromatic carbocycles. The van der Waals surface area contributed by atoms with Crippen LogP contribution in [0.3, 0.4) is 0 Å². The minimum atomic E-state index is -0.417. The van der Waals surface area contributed by atoms with Gasteiger partial charge in [-0.05, 0) is 44.9 Å². The van der Waals surface area contributed by atoms with Crippen LogP contribution in [0.25, 0.3) is 0 Å². The van der Waals surface area contributed by atoms with E-state index in [1.165, 1.54) is 0 Å². The molecule has 0 radical (unpaired) electrons. The van der Waals surface area contributed by atoms with Crippen molar-refractivity contribution in [2.24, 2.45) is 5.73 Å². The molecule has 1 amide bonds. The highest BCUT2D eigenvalue weighted by molar-refractivity contribution is 5.99. The third-order valence-electron chi connectivity index (χ3n) is 3.03. The number of carbonyl (C=O) groups is 1. The van der Waals surface area contributed by atoms with Gasteiger partial charge in [0.15, 0.2) is 6.10 Å². The first kappa shape index (κ1) is 12.9. The molecule has 18 heavy (non-hydrogen) atoms. The highest BCUT2D eigenvalue weighted by Crippen LogP contribution is 2.34. The summed E-state index contributed by atoms with van der Waals surface area (Å²) in [6.07, 6.45) is 0.344. The standard InChI is InChI=1S/C14H20N2O2/c1-9-13(17)16(4)11-7-10(8-14(2,3)15)5-6-12(11)18-9/h5-7,9H,8,15H2,1-4H3. The fourth-order valence-corrected chi connectivity index (χ4v) is 2.19. The first-order valence-corrected chi connectivity index (χ1v) is 6.14. The zero-order valence-electron chi connectivity index (χ0n) is 11.4. The highest BCUT2D eigenvalue weighted by Gasteiger charge is 2.29. The number of carbonyl (C=O) groups excluding carboxylic acids is 1. The average molecular weight is 248 g/mol. The van der Waals surface area contributed by atoms with E-state index in [4.69, 9.17) is 10.5 Å². The number of rotatable bonds is 2. The molecule has 0 spiro atoms. The van der Waals surface area contributed by atoms with Crippen molar-refractivity contribution < 1.29 is 9.53 Å². The molecule has 1 aliphatic heterocycles. The van der Waals surface area contributed by atoms with Crippen LogP contribution in [0.15, 0.2) is 18.2 Å². The Kier molecular flexibility index (Phi) is 3.07. The smallest absolute Gasteiger partial charge is 0.267 e. The van der Waals surface area contributed by atoms with Crippen molar-refractivity contribution in [1.29, 1.82) is 0 Å². The van der Waals surface area contributed by atoms with E-state index in [2.05, 4.69) is 0 Å². The van der Waals surface area contributed by atoms with Gasteiger partial charge >= 0.3 is 0 Å². The van der Waals surface area contributed by atoms with Crippen molar-refractivity contribution in [3.05, 3.63) is 23.8 Å². The third kappa shape index (κ3) is 2.48. The summed E-state index contributed by atoms with van der Waals surface area (Å²) in [5.74, 6) is 0.731. The Morgan fingerprint density at radius 1 is 1.44 bits per heavy atom. The topological polar surface area (TPSA) is 55.6 Å². The number of nitrogens with zero attached hydrogens (tertiary/aromatic N) is 1. The Hall–Kier alpha value is -1.55. The first-order valence-electron chi connectivity index (χ1n) is 6.14. The van der Waals surface area contributed by atoms with E-state index in [-0.39, 0.29) is 11.4 Å². The molecule has 1 atom stereocenters. The zero-order valence-corrected chi connectivity index (χ0v) is 11.4. The normalized spacial score (nSPS) is 19.5. The van der Waals surface area contributed by atoms with Crippen molar-refractivity contribution in [2.75, 3.05) is 11.9 Å². The monoisotopic (exact) mass is 248 g/mol. The molecule has 0 aliphatic carbocycles. The second kappa shape index (κ2) is 4.28. The lowest BCUT2D eigenvalue weighted by molar-refractivity contribution is -0.125. The second-order valence-electron chi connectivity index (χ2n) is 5.62. The maximum absolute atomic E-state index is 11.9. The van der Waals surface area contributed by atoms with Gasteiger partial charge in [0.25, 0.3) is 5.91 Å². The van der Waals surface area contributed by atoms with Crippen molar-refractivity contribution in [1.82, 2.24) is 0 Å². The van der Waals surface area contributed by atoms with Gasteiger partial charge in [-0.25, -0.2) is 0 Å². The van der Waals surface area contributed by atoms with Gasteiger partial charge in [-0.3, -0.25) is 4.79 Å². The van der Waals surface area contributed by atoms with Crippen LogP contribution in [0.4, 0.5) is 5.69 Å². The van der Waals surface area contributed by atoms with Crippen molar-refractivity contribution in [3.8, 4) is 5.75 Å². The van der Waals surface area contributed by atoms with Crippen molar-refractivity contribution >= 4 is 11.6 Å². The van der Waals surface area contributed by atoms with Crippen LogP contribution >= 0.6 is 0 Å². The molecule has 1 heterocycles. The molecule has 2 N–H and O–H groups in total. The van der Waals surface area contributed by atoms with Crippen molar-refractivity contribution in [3.63, 3.8) is 0 Å². The van der Waals surface area contributed by atoms with Gasteiger partial charge < -0.3 is 15.4 Å². The van der Waals surface area contributed by atoms with E-state index in [0.717, 1.165) is 23.4 Å². The van der Waals surface area contributed by atoms with Gasteiger partial charge in [0.2, 0.25) is 0 Å². The van der Waals surface area contributed by atoms with E-state index in [1.54, 1.807) is 18.9 Å². The lowest BCUT2D eigenvalue weighted by atomic mass is 9.95. The molecular weight excluding hydrogens is 228 g/mol. The van der Waals surface area contributed by atoms with E-state index in [9.17, 15) is 4.79 Å². The zero-order chi connectivity index (χ0) is 13.5. The fraction of sp³-hybridized carbons (Fsp3) is 0.500. The number of nitrogens with two attached hydrogens (primary N) is 1. The van der Waals surface area contributed by atoms with Crippen LogP contribution in [-0.2, 0) is 11.2 Å². The molecule has 1 aliphatic rings. The number of hydrogen-bond acceptors (Lipinski definition) is 3. The minimum Gasteiger partial charge on any atom is -0.479 e. The lowest BCUT2D eigenvalue weighted by Gasteiger charge is -2.31. The lowest BCUT2D eigenvalue weighted by Crippen LogP contribution is -2.42. The second-order valence-corrected chi connectivity index (χ2v) is 5.62. The summed E-state index contributed by atoms with van der Waals surface area (Å²) in [5.41, 5.74) is 7.68. The van der Waals surface area contributed by atoms with E-state index >= 15 is 0 Å². The highest BCUT2D eigenvalue weighted by atomic mass is 16.5. The van der Waals surface area contributed by atoms with Crippen LogP contribution in [0.2, 0.25) is 0 Å². The molecule has 1 unspecified atom stereocenters. The summed E-state index contributed by atoms with van der Waals surface area (Å²) < 4.78 is 5.58. The summed E-state index contributed by atoms with van der Waals surface area (Å²) in [6.45, 7) is 5.73. The SMILES string of the molecule is CC1Oc2ccc(CC(C)(C)N)cc2N(C)C1=O. The van der Waals surface area contributed by atoms with Gasteiger partial charge in [-0.1, -0.05) is 6.07 Å². The maximum atomic E-state index is 11.9. The van der Waals surface area contributed by atoms with Crippen LogP contribution in [0.1, 0.15) is 26.3 Å². The summed E-state index contributed by atoms with van der Waals surface area (Å²) in [6, 6.07) is 5.90. The third-order valence-corrected chi connectivity index (χ3v) is 3.03. The Morgan fingerprint density at radius 2 is 2.11 bits per heavy atom. The largest absolute Gasteiger partial charge is 0.479 e. The fourth-order valence-electron chi connectivity index (χ4n) is 2.19. The van der Waals surface area contributed by atoms with Crippen LogP contribution in [-0.4, -0.2) is 24.6 Å². The molecule has 0 saturated carbocycles. The van der Waals surface area contributed by atoms with Gasteiger partial charge in [-0.2, -0.15) is 0 Å². The number of anilines is 1. The van der Waals surface area contributed by atoms with E-state index in [0.29, 0.717) is 0 Å². The van der Waals surface area contributed by atoms with Gasteiger partial charge in [0.05, 0.1) is 5.69 Å². The Bertz CT molecular complexity index is 477. The Balaban J connectivity index is 2.35. The summed E-state index contributed by atoms with van der Waals surface area (Å²) >= 11 is 0. The molecule has 98 valence electrons. The molecule has 0 aromatic heterocycles. The minimum absolute atomic E-state index is 0.0216. The average Bonchev–Trinajstić information content (AvgIpc) is 2.25. The predicted octanol–water partition coefficient (Wildman–Crippen LogP) is 1.71. The van der Waals surface area contributed by atoms with E-state index < -0.39 is 6.10 Å². The van der Waals surface area contributed by atoms with Crippen LogP contribution in [0.5, 0.6) is 5.75 Å². The van der Waals surface area contributed by atoms with Gasteiger partial charge in [0, 0.05) is 12.6 Å². The summed E-state index contributed by atoms with van der Waals surface area (Å²) in [4.78, 5) is 13.5. The predicted molar refractivity (Wildman–Crippen MR) is 71.9 cm³/mol. The first-order chi connectivity index (χ1) is 8.28. The number of amides is 1. The quantitative estimate of drug-likeness (QED) is 0.867. The van der Waals surface area contributed by atoms with Crippen LogP contribution < -0.4 is 15.4 Å². The summed E-state index contributed by atoms with van der Waals surface area (Å²) in [5, 5.41) is 0. The number of likely N-dealkylation sites (N-methyl/N-ethyl adjacent to an activating group) is 1. The number of fused-ring (bicyclic) bond motifs is 1. The number of ether oxygens (including phenoxy) is 1. The molecule has 1 aromatic rings.